The number of hydrogen-bond donors (Lipinski definition) is 0. The highest BCUT2D eigenvalue weighted by molar-refractivity contribution is 6.06. The number of carbonyl (C=O) groups excluding carboxylic acids is 1. The summed E-state index contributed by atoms with van der Waals surface area (Å²) in [7, 11) is 0. The first-order chi connectivity index (χ1) is 11.2. The minimum absolute atomic E-state index is 0.107. The molecule has 0 fully saturated rings. The SMILES string of the molecule is CC1Cc2ccccc2N1C(=O)c1cn(-c2ccccc2)nn1. The minimum atomic E-state index is -0.107. The van der Waals surface area contributed by atoms with Gasteiger partial charge in [-0.05, 0) is 37.1 Å². The third kappa shape index (κ3) is 2.30. The monoisotopic (exact) mass is 304 g/mol. The molecule has 1 unspecified atom stereocenters. The highest BCUT2D eigenvalue weighted by atomic mass is 16.2. The summed E-state index contributed by atoms with van der Waals surface area (Å²) in [6.45, 7) is 2.06. The number of fused-ring (bicyclic) bond motifs is 1. The van der Waals surface area contributed by atoms with Crippen LogP contribution in [0.3, 0.4) is 0 Å². The molecule has 2 aromatic carbocycles. The lowest BCUT2D eigenvalue weighted by atomic mass is 10.1. The van der Waals surface area contributed by atoms with Crippen LogP contribution in [0.4, 0.5) is 5.69 Å². The molecule has 0 spiro atoms. The third-order valence-corrected chi connectivity index (χ3v) is 4.16. The lowest BCUT2D eigenvalue weighted by molar-refractivity contribution is 0.0976. The highest BCUT2D eigenvalue weighted by Crippen LogP contribution is 2.32. The molecule has 114 valence electrons. The molecule has 2 heterocycles. The predicted molar refractivity (Wildman–Crippen MR) is 87.8 cm³/mol. The van der Waals surface area contributed by atoms with Gasteiger partial charge >= 0.3 is 0 Å². The smallest absolute Gasteiger partial charge is 0.280 e. The van der Waals surface area contributed by atoms with Gasteiger partial charge in [0.25, 0.3) is 5.91 Å². The molecular weight excluding hydrogens is 288 g/mol. The van der Waals surface area contributed by atoms with Crippen LogP contribution in [0.25, 0.3) is 5.69 Å². The van der Waals surface area contributed by atoms with Gasteiger partial charge in [-0.25, -0.2) is 4.68 Å². The second-order valence-electron chi connectivity index (χ2n) is 5.74. The number of anilines is 1. The van der Waals surface area contributed by atoms with Crippen molar-refractivity contribution in [3.05, 3.63) is 72.1 Å². The van der Waals surface area contributed by atoms with E-state index in [4.69, 9.17) is 0 Å². The average Bonchev–Trinajstić information content (AvgIpc) is 3.19. The van der Waals surface area contributed by atoms with E-state index in [-0.39, 0.29) is 11.9 Å². The lowest BCUT2D eigenvalue weighted by Crippen LogP contribution is -2.35. The number of para-hydroxylation sites is 2. The maximum Gasteiger partial charge on any atom is 0.280 e. The zero-order valence-corrected chi connectivity index (χ0v) is 12.8. The summed E-state index contributed by atoms with van der Waals surface area (Å²) < 4.78 is 1.62. The molecule has 5 nitrogen and oxygen atoms in total. The van der Waals surface area contributed by atoms with Crippen molar-refractivity contribution in [3.63, 3.8) is 0 Å². The Morgan fingerprint density at radius 2 is 1.83 bits per heavy atom. The van der Waals surface area contributed by atoms with Gasteiger partial charge in [0.05, 0.1) is 11.9 Å². The second-order valence-corrected chi connectivity index (χ2v) is 5.74. The number of hydrogen-bond acceptors (Lipinski definition) is 3. The molecule has 0 saturated carbocycles. The molecule has 1 aliphatic rings. The Hall–Kier alpha value is -2.95. The molecule has 1 atom stereocenters. The van der Waals surface area contributed by atoms with Crippen molar-refractivity contribution in [3.8, 4) is 5.69 Å². The van der Waals surface area contributed by atoms with Crippen LogP contribution in [-0.2, 0) is 6.42 Å². The van der Waals surface area contributed by atoms with E-state index in [1.165, 1.54) is 5.56 Å². The fourth-order valence-corrected chi connectivity index (χ4v) is 3.07. The summed E-state index contributed by atoms with van der Waals surface area (Å²) in [4.78, 5) is 14.7. The van der Waals surface area contributed by atoms with Gasteiger partial charge in [-0.2, -0.15) is 0 Å². The number of aromatic nitrogens is 3. The first-order valence-electron chi connectivity index (χ1n) is 7.63. The molecule has 0 radical (unpaired) electrons. The van der Waals surface area contributed by atoms with Crippen LogP contribution in [0.2, 0.25) is 0 Å². The van der Waals surface area contributed by atoms with Crippen LogP contribution in [-0.4, -0.2) is 26.9 Å². The number of benzene rings is 2. The number of rotatable bonds is 2. The van der Waals surface area contributed by atoms with Crippen molar-refractivity contribution < 1.29 is 4.79 Å². The van der Waals surface area contributed by atoms with Crippen LogP contribution < -0.4 is 4.90 Å². The molecule has 1 amide bonds. The van der Waals surface area contributed by atoms with Gasteiger partial charge in [-0.3, -0.25) is 4.79 Å². The van der Waals surface area contributed by atoms with Crippen LogP contribution in [0.5, 0.6) is 0 Å². The Bertz CT molecular complexity index is 856. The van der Waals surface area contributed by atoms with E-state index < -0.39 is 0 Å². The normalized spacial score (nSPS) is 16.4. The molecule has 0 saturated heterocycles. The molecule has 1 aliphatic heterocycles. The zero-order valence-electron chi connectivity index (χ0n) is 12.8. The fraction of sp³-hybridized carbons (Fsp3) is 0.167. The molecule has 0 aliphatic carbocycles. The quantitative estimate of drug-likeness (QED) is 0.731. The molecular formula is C18H16N4O. The van der Waals surface area contributed by atoms with Gasteiger partial charge in [-0.1, -0.05) is 41.6 Å². The number of nitrogens with zero attached hydrogens (tertiary/aromatic N) is 4. The molecule has 4 rings (SSSR count). The van der Waals surface area contributed by atoms with E-state index in [9.17, 15) is 4.79 Å². The van der Waals surface area contributed by atoms with Crippen molar-refractivity contribution in [1.29, 1.82) is 0 Å². The van der Waals surface area contributed by atoms with Gasteiger partial charge < -0.3 is 4.90 Å². The van der Waals surface area contributed by atoms with Gasteiger partial charge in [0, 0.05) is 11.7 Å². The third-order valence-electron chi connectivity index (χ3n) is 4.16. The second kappa shape index (κ2) is 5.35. The van der Waals surface area contributed by atoms with Crippen LogP contribution in [0.15, 0.2) is 60.8 Å². The Balaban J connectivity index is 1.67. The van der Waals surface area contributed by atoms with Gasteiger partial charge in [0.15, 0.2) is 5.69 Å². The molecule has 23 heavy (non-hydrogen) atoms. The van der Waals surface area contributed by atoms with Crippen molar-refractivity contribution >= 4 is 11.6 Å². The van der Waals surface area contributed by atoms with Crippen molar-refractivity contribution in [1.82, 2.24) is 15.0 Å². The Morgan fingerprint density at radius 3 is 2.65 bits per heavy atom. The summed E-state index contributed by atoms with van der Waals surface area (Å²) in [5.41, 5.74) is 3.41. The minimum Gasteiger partial charge on any atom is -0.304 e. The molecule has 3 aromatic rings. The number of carbonyl (C=O) groups is 1. The first-order valence-corrected chi connectivity index (χ1v) is 7.63. The highest BCUT2D eigenvalue weighted by Gasteiger charge is 2.32. The largest absolute Gasteiger partial charge is 0.304 e. The molecule has 0 N–H and O–H groups in total. The zero-order chi connectivity index (χ0) is 15.8. The molecule has 1 aromatic heterocycles. The summed E-state index contributed by atoms with van der Waals surface area (Å²) in [5.74, 6) is -0.107. The predicted octanol–water partition coefficient (Wildman–Crippen LogP) is 2.86. The Kier molecular flexibility index (Phi) is 3.19. The van der Waals surface area contributed by atoms with Crippen LogP contribution in [0, 0.1) is 0 Å². The molecule has 0 bridgehead atoms. The molecule has 5 heteroatoms. The van der Waals surface area contributed by atoms with Crippen molar-refractivity contribution in [2.75, 3.05) is 4.90 Å². The van der Waals surface area contributed by atoms with Crippen molar-refractivity contribution in [2.45, 2.75) is 19.4 Å². The van der Waals surface area contributed by atoms with E-state index in [1.807, 2.05) is 53.4 Å². The van der Waals surface area contributed by atoms with Gasteiger partial charge in [0.1, 0.15) is 0 Å². The van der Waals surface area contributed by atoms with Crippen LogP contribution in [0.1, 0.15) is 23.0 Å². The maximum absolute atomic E-state index is 12.9. The van der Waals surface area contributed by atoms with E-state index in [1.54, 1.807) is 10.9 Å². The van der Waals surface area contributed by atoms with E-state index in [0.717, 1.165) is 17.8 Å². The van der Waals surface area contributed by atoms with Gasteiger partial charge in [-0.15, -0.1) is 5.10 Å². The van der Waals surface area contributed by atoms with Gasteiger partial charge in [0.2, 0.25) is 0 Å². The maximum atomic E-state index is 12.9. The van der Waals surface area contributed by atoms with E-state index >= 15 is 0 Å². The van der Waals surface area contributed by atoms with Crippen LogP contribution >= 0.6 is 0 Å². The standard InChI is InChI=1S/C18H16N4O/c1-13-11-14-7-5-6-10-17(14)22(13)18(23)16-12-21(20-19-16)15-8-3-2-4-9-15/h2-10,12-13H,11H2,1H3. The fourth-order valence-electron chi connectivity index (χ4n) is 3.07. The topological polar surface area (TPSA) is 51.0 Å². The Labute approximate surface area is 134 Å². The summed E-state index contributed by atoms with van der Waals surface area (Å²) in [5, 5.41) is 8.15. The van der Waals surface area contributed by atoms with Crippen molar-refractivity contribution in [2.24, 2.45) is 0 Å². The summed E-state index contributed by atoms with van der Waals surface area (Å²) in [6, 6.07) is 17.8. The summed E-state index contributed by atoms with van der Waals surface area (Å²) in [6.07, 6.45) is 2.56. The van der Waals surface area contributed by atoms with E-state index in [2.05, 4.69) is 23.3 Å². The average molecular weight is 304 g/mol. The number of amides is 1. The summed E-state index contributed by atoms with van der Waals surface area (Å²) >= 11 is 0. The Morgan fingerprint density at radius 1 is 1.09 bits per heavy atom. The lowest BCUT2D eigenvalue weighted by Gasteiger charge is -2.21. The van der Waals surface area contributed by atoms with E-state index in [0.29, 0.717) is 5.69 Å². The first kappa shape index (κ1) is 13.7.